The van der Waals surface area contributed by atoms with Gasteiger partial charge in [0.2, 0.25) is 0 Å². The number of rotatable bonds is 6. The second-order valence-electron chi connectivity index (χ2n) is 5.96. The Kier molecular flexibility index (Phi) is 6.29. The van der Waals surface area contributed by atoms with Crippen LogP contribution < -0.4 is 15.4 Å². The van der Waals surface area contributed by atoms with Crippen LogP contribution in [0, 0.1) is 0 Å². The molecule has 0 bridgehead atoms. The molecule has 28 heavy (non-hydrogen) atoms. The third-order valence-electron chi connectivity index (χ3n) is 3.87. The maximum absolute atomic E-state index is 12.5. The Labute approximate surface area is 168 Å². The molecule has 2 N–H and O–H groups in total. The van der Waals surface area contributed by atoms with Crippen molar-refractivity contribution in [2.24, 2.45) is 0 Å². The number of nitrogens with one attached hydrogen (secondary N) is 2. The summed E-state index contributed by atoms with van der Waals surface area (Å²) in [6, 6.07) is 20.5. The minimum atomic E-state index is -0.295. The number of benzene rings is 3. The van der Waals surface area contributed by atoms with Crippen molar-refractivity contribution < 1.29 is 14.3 Å². The van der Waals surface area contributed by atoms with Crippen molar-refractivity contribution in [2.75, 3.05) is 17.2 Å². The molecule has 0 aliphatic carbocycles. The van der Waals surface area contributed by atoms with Crippen molar-refractivity contribution in [1.82, 2.24) is 0 Å². The second kappa shape index (κ2) is 9.06. The van der Waals surface area contributed by atoms with Gasteiger partial charge in [0.1, 0.15) is 5.75 Å². The van der Waals surface area contributed by atoms with Crippen LogP contribution in [0.1, 0.15) is 27.6 Å². The quantitative estimate of drug-likeness (QED) is 0.600. The highest BCUT2D eigenvalue weighted by Crippen LogP contribution is 2.19. The number of carbonyl (C=O) groups excluding carboxylic acids is 2. The third kappa shape index (κ3) is 5.11. The third-order valence-corrected chi connectivity index (χ3v) is 4.11. The van der Waals surface area contributed by atoms with Crippen molar-refractivity contribution >= 4 is 34.8 Å². The largest absolute Gasteiger partial charge is 0.494 e. The van der Waals surface area contributed by atoms with Crippen LogP contribution in [0.5, 0.6) is 5.75 Å². The van der Waals surface area contributed by atoms with Gasteiger partial charge in [-0.15, -0.1) is 0 Å². The van der Waals surface area contributed by atoms with E-state index >= 15 is 0 Å². The van der Waals surface area contributed by atoms with Crippen molar-refractivity contribution in [2.45, 2.75) is 6.92 Å². The Bertz CT molecular complexity index is 1000. The zero-order chi connectivity index (χ0) is 19.9. The maximum Gasteiger partial charge on any atom is 0.255 e. The Morgan fingerprint density at radius 1 is 0.821 bits per heavy atom. The highest BCUT2D eigenvalue weighted by atomic mass is 35.5. The van der Waals surface area contributed by atoms with Crippen LogP contribution in [0.4, 0.5) is 11.4 Å². The molecule has 0 heterocycles. The highest BCUT2D eigenvalue weighted by molar-refractivity contribution is 6.31. The number of hydrogen-bond acceptors (Lipinski definition) is 3. The molecule has 3 aromatic rings. The minimum Gasteiger partial charge on any atom is -0.494 e. The van der Waals surface area contributed by atoms with Gasteiger partial charge in [0.15, 0.2) is 0 Å². The van der Waals surface area contributed by atoms with Crippen LogP contribution in [0.3, 0.4) is 0 Å². The van der Waals surface area contributed by atoms with E-state index in [0.29, 0.717) is 39.9 Å². The SMILES string of the molecule is CCOc1cccc(C(=O)Nc2cccc(C(=O)Nc3cccc(Cl)c3)c2)c1. The van der Waals surface area contributed by atoms with Crippen LogP contribution >= 0.6 is 11.6 Å². The first kappa shape index (κ1) is 19.5. The normalized spacial score (nSPS) is 10.2. The monoisotopic (exact) mass is 394 g/mol. The smallest absolute Gasteiger partial charge is 0.255 e. The molecule has 3 aromatic carbocycles. The minimum absolute atomic E-state index is 0.283. The molecule has 0 fully saturated rings. The van der Waals surface area contributed by atoms with Gasteiger partial charge in [-0.25, -0.2) is 0 Å². The van der Waals surface area contributed by atoms with Crippen LogP contribution in [-0.2, 0) is 0 Å². The van der Waals surface area contributed by atoms with Crippen LogP contribution in [0.2, 0.25) is 5.02 Å². The summed E-state index contributed by atoms with van der Waals surface area (Å²) in [5.41, 5.74) is 2.01. The lowest BCUT2D eigenvalue weighted by Gasteiger charge is -2.10. The molecule has 0 aromatic heterocycles. The first-order valence-electron chi connectivity index (χ1n) is 8.76. The zero-order valence-corrected chi connectivity index (χ0v) is 16.0. The van der Waals surface area contributed by atoms with Gasteiger partial charge >= 0.3 is 0 Å². The average molecular weight is 395 g/mol. The molecule has 0 saturated carbocycles. The van der Waals surface area contributed by atoms with Gasteiger partial charge in [-0.3, -0.25) is 9.59 Å². The summed E-state index contributed by atoms with van der Waals surface area (Å²) in [7, 11) is 0. The summed E-state index contributed by atoms with van der Waals surface area (Å²) in [5.74, 6) is 0.0514. The number of anilines is 2. The lowest BCUT2D eigenvalue weighted by molar-refractivity contribution is 0.101. The van der Waals surface area contributed by atoms with Crippen molar-refractivity contribution in [1.29, 1.82) is 0 Å². The first-order valence-corrected chi connectivity index (χ1v) is 9.14. The Morgan fingerprint density at radius 3 is 2.04 bits per heavy atom. The van der Waals surface area contributed by atoms with E-state index < -0.39 is 0 Å². The summed E-state index contributed by atoms with van der Waals surface area (Å²) in [4.78, 5) is 25.0. The lowest BCUT2D eigenvalue weighted by atomic mass is 10.1. The molecule has 0 saturated heterocycles. The van der Waals surface area contributed by atoms with E-state index in [0.717, 1.165) is 0 Å². The van der Waals surface area contributed by atoms with Gasteiger partial charge < -0.3 is 15.4 Å². The average Bonchev–Trinajstić information content (AvgIpc) is 2.69. The van der Waals surface area contributed by atoms with Crippen molar-refractivity contribution in [3.8, 4) is 5.75 Å². The van der Waals surface area contributed by atoms with E-state index in [1.807, 2.05) is 6.92 Å². The second-order valence-corrected chi connectivity index (χ2v) is 6.40. The van der Waals surface area contributed by atoms with E-state index in [2.05, 4.69) is 10.6 Å². The number of halogens is 1. The van der Waals surface area contributed by atoms with E-state index in [4.69, 9.17) is 16.3 Å². The molecule has 0 aliphatic heterocycles. The lowest BCUT2D eigenvalue weighted by Crippen LogP contribution is -2.14. The van der Waals surface area contributed by atoms with E-state index in [-0.39, 0.29) is 11.8 Å². The fourth-order valence-electron chi connectivity index (χ4n) is 2.60. The summed E-state index contributed by atoms with van der Waals surface area (Å²) < 4.78 is 5.42. The molecule has 0 unspecified atom stereocenters. The maximum atomic E-state index is 12.5. The number of ether oxygens (including phenoxy) is 1. The van der Waals surface area contributed by atoms with Crippen LogP contribution in [0.15, 0.2) is 72.8 Å². The Balaban J connectivity index is 1.71. The molecule has 5 nitrogen and oxygen atoms in total. The van der Waals surface area contributed by atoms with Gasteiger partial charge in [0.05, 0.1) is 6.61 Å². The standard InChI is InChI=1S/C22H19ClN2O3/c1-2-28-20-11-4-7-16(13-20)22(27)24-18-9-3-6-15(12-18)21(26)25-19-10-5-8-17(23)14-19/h3-14H,2H2,1H3,(H,24,27)(H,25,26). The van der Waals surface area contributed by atoms with E-state index in [1.165, 1.54) is 0 Å². The zero-order valence-electron chi connectivity index (χ0n) is 15.2. The summed E-state index contributed by atoms with van der Waals surface area (Å²) in [6.45, 7) is 2.40. The number of carbonyl (C=O) groups is 2. The van der Waals surface area contributed by atoms with E-state index in [1.54, 1.807) is 72.8 Å². The van der Waals surface area contributed by atoms with Crippen LogP contribution in [0.25, 0.3) is 0 Å². The number of amides is 2. The van der Waals surface area contributed by atoms with E-state index in [9.17, 15) is 9.59 Å². The molecule has 0 atom stereocenters. The first-order chi connectivity index (χ1) is 13.5. The van der Waals surface area contributed by atoms with Gasteiger partial charge in [-0.2, -0.15) is 0 Å². The fourth-order valence-corrected chi connectivity index (χ4v) is 2.80. The molecule has 0 radical (unpaired) electrons. The van der Waals surface area contributed by atoms with Gasteiger partial charge in [0.25, 0.3) is 11.8 Å². The molecule has 0 aliphatic rings. The molecule has 3 rings (SSSR count). The predicted octanol–water partition coefficient (Wildman–Crippen LogP) is 5.24. The number of hydrogen-bond donors (Lipinski definition) is 2. The summed E-state index contributed by atoms with van der Waals surface area (Å²) in [6.07, 6.45) is 0. The molecule has 142 valence electrons. The predicted molar refractivity (Wildman–Crippen MR) is 111 cm³/mol. The Hall–Kier alpha value is -3.31. The van der Waals surface area contributed by atoms with Crippen molar-refractivity contribution in [3.63, 3.8) is 0 Å². The molecular weight excluding hydrogens is 376 g/mol. The summed E-state index contributed by atoms with van der Waals surface area (Å²) >= 11 is 5.94. The van der Waals surface area contributed by atoms with Crippen molar-refractivity contribution in [3.05, 3.63) is 88.9 Å². The van der Waals surface area contributed by atoms with Gasteiger partial charge in [0, 0.05) is 27.5 Å². The summed E-state index contributed by atoms with van der Waals surface area (Å²) in [5, 5.41) is 6.12. The van der Waals surface area contributed by atoms with Gasteiger partial charge in [-0.05, 0) is 61.5 Å². The van der Waals surface area contributed by atoms with Crippen LogP contribution in [-0.4, -0.2) is 18.4 Å². The topological polar surface area (TPSA) is 67.4 Å². The van der Waals surface area contributed by atoms with Gasteiger partial charge in [-0.1, -0.05) is 29.8 Å². The molecule has 6 heteroatoms. The fraction of sp³-hybridized carbons (Fsp3) is 0.0909. The molecular formula is C22H19ClN2O3. The highest BCUT2D eigenvalue weighted by Gasteiger charge is 2.11. The molecule has 0 spiro atoms. The molecule has 2 amide bonds. The Morgan fingerprint density at radius 2 is 1.39 bits per heavy atom.